The fourth-order valence-corrected chi connectivity index (χ4v) is 2.90. The Morgan fingerprint density at radius 2 is 1.97 bits per heavy atom. The zero-order chi connectivity index (χ0) is 20.6. The standard InChI is InChI=1S/C20H23N5O4/c1-4-29-15-7-5-6-14(12-15)21-20(26)16(19-22-24-25-23-19)10-13-8-9-17(27-2)18(11-13)28-3/h5-9,11-12,16H,4,10H2,1-3H3,(H2,21,22,23,24,25,26)/p-1/t16-/m0/s1. The van der Waals surface area contributed by atoms with E-state index >= 15 is 0 Å². The maximum atomic E-state index is 13.0. The summed E-state index contributed by atoms with van der Waals surface area (Å²) in [6.45, 7) is 2.44. The van der Waals surface area contributed by atoms with Crippen LogP contribution in [-0.4, -0.2) is 42.3 Å². The monoisotopic (exact) mass is 396 g/mol. The summed E-state index contributed by atoms with van der Waals surface area (Å²) in [6, 6.07) is 12.7. The van der Waals surface area contributed by atoms with Crippen LogP contribution in [0.2, 0.25) is 0 Å². The lowest BCUT2D eigenvalue weighted by atomic mass is 9.97. The van der Waals surface area contributed by atoms with E-state index in [0.717, 1.165) is 5.56 Å². The van der Waals surface area contributed by atoms with Gasteiger partial charge in [-0.1, -0.05) is 12.1 Å². The highest BCUT2D eigenvalue weighted by atomic mass is 16.5. The predicted octanol–water partition coefficient (Wildman–Crippen LogP) is 2.21. The van der Waals surface area contributed by atoms with Crippen molar-refractivity contribution in [2.45, 2.75) is 19.3 Å². The average Bonchev–Trinajstić information content (AvgIpc) is 3.26. The summed E-state index contributed by atoms with van der Waals surface area (Å²) in [5, 5.41) is 17.7. The van der Waals surface area contributed by atoms with E-state index < -0.39 is 5.92 Å². The van der Waals surface area contributed by atoms with Gasteiger partial charge in [-0.3, -0.25) is 15.1 Å². The fourth-order valence-electron chi connectivity index (χ4n) is 2.90. The number of nitrogens with zero attached hydrogens (tertiary/aromatic N) is 4. The first-order valence-electron chi connectivity index (χ1n) is 9.07. The van der Waals surface area contributed by atoms with E-state index in [2.05, 4.69) is 25.9 Å². The van der Waals surface area contributed by atoms with E-state index in [4.69, 9.17) is 14.2 Å². The number of benzene rings is 2. The second-order valence-corrected chi connectivity index (χ2v) is 6.13. The highest BCUT2D eigenvalue weighted by Crippen LogP contribution is 2.30. The maximum Gasteiger partial charge on any atom is 0.232 e. The van der Waals surface area contributed by atoms with Gasteiger partial charge in [0, 0.05) is 17.6 Å². The van der Waals surface area contributed by atoms with Crippen molar-refractivity contribution < 1.29 is 19.0 Å². The van der Waals surface area contributed by atoms with Gasteiger partial charge in [-0.2, -0.15) is 5.21 Å². The number of hydrogen-bond donors (Lipinski definition) is 1. The lowest BCUT2D eigenvalue weighted by molar-refractivity contribution is -0.117. The molecule has 1 N–H and O–H groups in total. The molecule has 1 amide bonds. The second kappa shape index (κ2) is 9.54. The van der Waals surface area contributed by atoms with Crippen LogP contribution >= 0.6 is 0 Å². The van der Waals surface area contributed by atoms with Crippen LogP contribution in [0.1, 0.15) is 24.2 Å². The lowest BCUT2D eigenvalue weighted by Crippen LogP contribution is -2.24. The van der Waals surface area contributed by atoms with Crippen molar-refractivity contribution >= 4 is 11.6 Å². The molecule has 1 heterocycles. The van der Waals surface area contributed by atoms with E-state index in [-0.39, 0.29) is 11.7 Å². The van der Waals surface area contributed by atoms with E-state index in [1.54, 1.807) is 32.4 Å². The number of anilines is 1. The normalized spacial score (nSPS) is 11.6. The second-order valence-electron chi connectivity index (χ2n) is 6.13. The van der Waals surface area contributed by atoms with Gasteiger partial charge in [-0.05, 0) is 43.2 Å². The van der Waals surface area contributed by atoms with Gasteiger partial charge in [0.15, 0.2) is 11.5 Å². The number of rotatable bonds is 9. The van der Waals surface area contributed by atoms with E-state index in [9.17, 15) is 4.79 Å². The molecule has 0 unspecified atom stereocenters. The van der Waals surface area contributed by atoms with Gasteiger partial charge in [0.2, 0.25) is 5.91 Å². The van der Waals surface area contributed by atoms with Crippen LogP contribution in [0.3, 0.4) is 0 Å². The molecule has 0 radical (unpaired) electrons. The van der Waals surface area contributed by atoms with Crippen LogP contribution in [0.5, 0.6) is 17.2 Å². The molecule has 0 aliphatic rings. The van der Waals surface area contributed by atoms with Crippen LogP contribution in [0, 0.1) is 0 Å². The first-order chi connectivity index (χ1) is 14.1. The molecule has 152 valence electrons. The van der Waals surface area contributed by atoms with Gasteiger partial charge < -0.3 is 24.6 Å². The van der Waals surface area contributed by atoms with Crippen molar-refractivity contribution in [2.24, 2.45) is 0 Å². The molecular formula is C20H22N5O4-. The van der Waals surface area contributed by atoms with Gasteiger partial charge in [0.25, 0.3) is 0 Å². The minimum Gasteiger partial charge on any atom is -0.494 e. The Morgan fingerprint density at radius 3 is 2.66 bits per heavy atom. The number of amides is 1. The number of ether oxygens (including phenoxy) is 3. The first kappa shape index (κ1) is 20.1. The number of carbonyl (C=O) groups excluding carboxylic acids is 1. The topological polar surface area (TPSA) is 110 Å². The molecule has 0 bridgehead atoms. The molecule has 1 aromatic heterocycles. The predicted molar refractivity (Wildman–Crippen MR) is 105 cm³/mol. The molecule has 0 saturated carbocycles. The van der Waals surface area contributed by atoms with Crippen LogP contribution in [0.4, 0.5) is 5.69 Å². The minimum atomic E-state index is -0.682. The first-order valence-corrected chi connectivity index (χ1v) is 9.07. The summed E-state index contributed by atoms with van der Waals surface area (Å²) in [6.07, 6.45) is 0.338. The lowest BCUT2D eigenvalue weighted by Gasteiger charge is -2.18. The summed E-state index contributed by atoms with van der Waals surface area (Å²) in [5.41, 5.74) is 1.47. The molecule has 2 aromatic carbocycles. The zero-order valence-corrected chi connectivity index (χ0v) is 16.5. The Hall–Kier alpha value is -3.62. The number of methoxy groups -OCH3 is 2. The Morgan fingerprint density at radius 1 is 1.14 bits per heavy atom. The van der Waals surface area contributed by atoms with Gasteiger partial charge in [-0.25, -0.2) is 0 Å². The highest BCUT2D eigenvalue weighted by molar-refractivity contribution is 5.95. The molecule has 3 aromatic rings. The Labute approximate surface area is 168 Å². The number of hydrogen-bond acceptors (Lipinski definition) is 7. The van der Waals surface area contributed by atoms with Crippen molar-refractivity contribution in [3.63, 3.8) is 0 Å². The van der Waals surface area contributed by atoms with Crippen molar-refractivity contribution in [1.82, 2.24) is 20.6 Å². The van der Waals surface area contributed by atoms with Crippen LogP contribution in [-0.2, 0) is 11.2 Å². The SMILES string of the molecule is CCOc1cccc(NC(=O)[C@@H](Cc2ccc(OC)c(OC)c2)c2nnn[n-]2)c1. The van der Waals surface area contributed by atoms with E-state index in [1.165, 1.54) is 0 Å². The molecule has 29 heavy (non-hydrogen) atoms. The maximum absolute atomic E-state index is 13.0. The number of tetrazole rings is 1. The third-order valence-corrected chi connectivity index (χ3v) is 4.26. The molecule has 9 heteroatoms. The summed E-state index contributed by atoms with van der Waals surface area (Å²) in [7, 11) is 3.13. The van der Waals surface area contributed by atoms with Crippen LogP contribution in [0.15, 0.2) is 42.5 Å². The summed E-state index contributed by atoms with van der Waals surface area (Å²) in [5.74, 6) is 1.15. The summed E-state index contributed by atoms with van der Waals surface area (Å²) >= 11 is 0. The van der Waals surface area contributed by atoms with Gasteiger partial charge in [-0.15, -0.1) is 0 Å². The number of aromatic nitrogens is 4. The largest absolute Gasteiger partial charge is 0.494 e. The molecule has 0 aliphatic carbocycles. The molecule has 3 rings (SSSR count). The Kier molecular flexibility index (Phi) is 6.62. The summed E-state index contributed by atoms with van der Waals surface area (Å²) in [4.78, 5) is 13.0. The van der Waals surface area contributed by atoms with Crippen LogP contribution < -0.4 is 24.6 Å². The third-order valence-electron chi connectivity index (χ3n) is 4.26. The minimum absolute atomic E-state index is 0.248. The zero-order valence-electron chi connectivity index (χ0n) is 16.5. The molecule has 0 saturated heterocycles. The van der Waals surface area contributed by atoms with Crippen LogP contribution in [0.25, 0.3) is 0 Å². The average molecular weight is 396 g/mol. The highest BCUT2D eigenvalue weighted by Gasteiger charge is 2.22. The van der Waals surface area contributed by atoms with Gasteiger partial charge in [0.1, 0.15) is 5.75 Å². The molecular weight excluding hydrogens is 374 g/mol. The van der Waals surface area contributed by atoms with E-state index in [0.29, 0.717) is 36.0 Å². The van der Waals surface area contributed by atoms with Gasteiger partial charge >= 0.3 is 0 Å². The van der Waals surface area contributed by atoms with Crippen molar-refractivity contribution in [2.75, 3.05) is 26.1 Å². The smallest absolute Gasteiger partial charge is 0.232 e. The summed E-state index contributed by atoms with van der Waals surface area (Å²) < 4.78 is 16.1. The fraction of sp³-hybridized carbons (Fsp3) is 0.300. The molecule has 0 fully saturated rings. The Balaban J connectivity index is 1.82. The van der Waals surface area contributed by atoms with Crippen molar-refractivity contribution in [1.29, 1.82) is 0 Å². The number of nitrogens with one attached hydrogen (secondary N) is 1. The third kappa shape index (κ3) is 5.01. The molecule has 0 aliphatic heterocycles. The van der Waals surface area contributed by atoms with Crippen molar-refractivity contribution in [3.05, 3.63) is 53.9 Å². The quantitative estimate of drug-likeness (QED) is 0.586. The van der Waals surface area contributed by atoms with Gasteiger partial charge in [0.05, 0.1) is 26.7 Å². The Bertz CT molecular complexity index is 946. The molecule has 0 spiro atoms. The molecule has 1 atom stereocenters. The number of carbonyl (C=O) groups is 1. The van der Waals surface area contributed by atoms with Crippen molar-refractivity contribution in [3.8, 4) is 17.2 Å². The van der Waals surface area contributed by atoms with E-state index in [1.807, 2.05) is 31.2 Å². The molecule has 9 nitrogen and oxygen atoms in total.